The summed E-state index contributed by atoms with van der Waals surface area (Å²) >= 11 is 5.19. The van der Waals surface area contributed by atoms with Gasteiger partial charge in [-0.3, -0.25) is 0 Å². The molecule has 0 aromatic rings. The van der Waals surface area contributed by atoms with E-state index in [4.69, 9.17) is 17.4 Å². The first-order valence-corrected chi connectivity index (χ1v) is 17.7. The second kappa shape index (κ2) is 10.3. The quantitative estimate of drug-likeness (QED) is 0.207. The Balaban J connectivity index is 1.54. The van der Waals surface area contributed by atoms with Gasteiger partial charge in [0.1, 0.15) is 6.10 Å². The van der Waals surface area contributed by atoms with Crippen LogP contribution in [0.2, 0.25) is 0 Å². The number of carbonyl (C=O) groups excluding carboxylic acids is 1. The van der Waals surface area contributed by atoms with Crippen LogP contribution in [-0.4, -0.2) is 17.3 Å². The van der Waals surface area contributed by atoms with Crippen LogP contribution in [0.4, 0.5) is 0 Å². The van der Waals surface area contributed by atoms with E-state index in [-0.39, 0.29) is 33.6 Å². The minimum atomic E-state index is -0.0933. The molecule has 0 aromatic carbocycles. The van der Waals surface area contributed by atoms with Crippen LogP contribution in [0.5, 0.6) is 0 Å². The Bertz CT molecular complexity index is 1020. The highest BCUT2D eigenvalue weighted by molar-refractivity contribution is 7.81. The highest BCUT2D eigenvalue weighted by Crippen LogP contribution is 2.77. The number of rotatable bonds is 4. The second-order valence-corrected chi connectivity index (χ2v) is 17.8. The number of fused-ring (bicyclic) bond motifs is 7. The molecule has 5 rings (SSSR count). The Labute approximate surface area is 253 Å². The summed E-state index contributed by atoms with van der Waals surface area (Å²) in [7, 11) is 0. The van der Waals surface area contributed by atoms with Gasteiger partial charge in [-0.25, -0.2) is 4.79 Å². The van der Waals surface area contributed by atoms with Crippen LogP contribution in [0.3, 0.4) is 0 Å². The largest absolute Gasteiger partial charge is 0.458 e. The molecule has 3 heteroatoms. The summed E-state index contributed by atoms with van der Waals surface area (Å²) in [4.78, 5) is 13.5. The molecule has 12 atom stereocenters. The van der Waals surface area contributed by atoms with Gasteiger partial charge in [0.25, 0.3) is 0 Å². The van der Waals surface area contributed by atoms with Gasteiger partial charge < -0.3 is 4.74 Å². The normalized spacial score (nSPS) is 52.0. The van der Waals surface area contributed by atoms with E-state index in [1.165, 1.54) is 51.4 Å². The number of ether oxygens (including phenoxy) is 1. The number of esters is 1. The molecule has 0 heterocycles. The first-order chi connectivity index (χ1) is 18.6. The lowest BCUT2D eigenvalue weighted by Gasteiger charge is -2.74. The van der Waals surface area contributed by atoms with Crippen LogP contribution in [0.1, 0.15) is 140 Å². The predicted molar refractivity (Wildman–Crippen MR) is 171 cm³/mol. The van der Waals surface area contributed by atoms with Crippen LogP contribution in [-0.2, 0) is 9.53 Å². The van der Waals surface area contributed by atoms with Crippen molar-refractivity contribution in [2.45, 2.75) is 151 Å². The number of hydrogen-bond donors (Lipinski definition) is 1. The third kappa shape index (κ3) is 4.26. The highest BCUT2D eigenvalue weighted by atomic mass is 32.1. The molecule has 5 aliphatic rings. The van der Waals surface area contributed by atoms with Crippen LogP contribution in [0, 0.1) is 62.6 Å². The van der Waals surface area contributed by atoms with Crippen molar-refractivity contribution >= 4 is 18.6 Å². The molecule has 2 unspecified atom stereocenters. The van der Waals surface area contributed by atoms with Crippen molar-refractivity contribution in [1.29, 1.82) is 0 Å². The Kier molecular flexibility index (Phi) is 8.01. The van der Waals surface area contributed by atoms with Crippen molar-refractivity contribution in [3.8, 4) is 0 Å². The second-order valence-electron chi connectivity index (χ2n) is 17.2. The Hall–Kier alpha value is -0.440. The smallest absolute Gasteiger partial charge is 0.333 e. The lowest BCUT2D eigenvalue weighted by Crippen LogP contribution is -2.70. The van der Waals surface area contributed by atoms with Crippen molar-refractivity contribution in [3.63, 3.8) is 0 Å². The lowest BCUT2D eigenvalue weighted by atomic mass is 9.31. The average Bonchev–Trinajstić information content (AvgIpc) is 2.89. The molecule has 0 aromatic heterocycles. The topological polar surface area (TPSA) is 26.3 Å². The molecule has 40 heavy (non-hydrogen) atoms. The number of unbranched alkanes of at least 4 members (excludes halogenated alkanes) is 1. The van der Waals surface area contributed by atoms with Gasteiger partial charge in [-0.05, 0) is 128 Å². The van der Waals surface area contributed by atoms with Gasteiger partial charge in [-0.1, -0.05) is 74.8 Å². The fourth-order valence-electron chi connectivity index (χ4n) is 12.4. The van der Waals surface area contributed by atoms with E-state index in [1.807, 2.05) is 6.92 Å². The van der Waals surface area contributed by atoms with E-state index in [0.717, 1.165) is 48.5 Å². The van der Waals surface area contributed by atoms with E-state index in [9.17, 15) is 4.79 Å². The number of allylic oxidation sites excluding steroid dienone is 1. The first kappa shape index (κ1) is 31.0. The van der Waals surface area contributed by atoms with Crippen LogP contribution in [0.25, 0.3) is 0 Å². The lowest BCUT2D eigenvalue weighted by molar-refractivity contribution is -0.268. The van der Waals surface area contributed by atoms with Crippen molar-refractivity contribution < 1.29 is 9.53 Å². The highest BCUT2D eigenvalue weighted by Gasteiger charge is 2.72. The van der Waals surface area contributed by atoms with E-state index >= 15 is 0 Å². The first-order valence-electron chi connectivity index (χ1n) is 17.1. The molecule has 0 saturated heterocycles. The van der Waals surface area contributed by atoms with E-state index in [2.05, 4.69) is 68.4 Å². The van der Waals surface area contributed by atoms with Crippen LogP contribution < -0.4 is 0 Å². The minimum absolute atomic E-state index is 0.0172. The zero-order valence-corrected chi connectivity index (χ0v) is 28.6. The zero-order chi connectivity index (χ0) is 29.5. The molecular formula is C37H62O2S. The molecule has 5 fully saturated rings. The van der Waals surface area contributed by atoms with Gasteiger partial charge in [-0.2, -0.15) is 12.6 Å². The van der Waals surface area contributed by atoms with E-state index in [1.54, 1.807) is 0 Å². The summed E-state index contributed by atoms with van der Waals surface area (Å²) < 4.78 is 6.63. The molecule has 0 amide bonds. The molecule has 0 radical (unpaired) electrons. The number of carbonyl (C=O) groups is 1. The van der Waals surface area contributed by atoms with Gasteiger partial charge in [0.05, 0.1) is 0 Å². The molecule has 0 bridgehead atoms. The van der Waals surface area contributed by atoms with Gasteiger partial charge in [0.2, 0.25) is 0 Å². The summed E-state index contributed by atoms with van der Waals surface area (Å²) in [6, 6.07) is 0. The summed E-state index contributed by atoms with van der Waals surface area (Å²) in [5.41, 5.74) is 2.05. The van der Waals surface area contributed by atoms with Crippen LogP contribution >= 0.6 is 12.6 Å². The fraction of sp³-hybridized carbons (Fsp3) is 0.919. The maximum atomic E-state index is 13.5. The maximum Gasteiger partial charge on any atom is 0.333 e. The fourth-order valence-corrected chi connectivity index (χ4v) is 12.8. The maximum absolute atomic E-state index is 13.5. The molecule has 5 aliphatic carbocycles. The minimum Gasteiger partial charge on any atom is -0.458 e. The Morgan fingerprint density at radius 3 is 2.27 bits per heavy atom. The predicted octanol–water partition coefficient (Wildman–Crippen LogP) is 10.3. The molecule has 0 aliphatic heterocycles. The van der Waals surface area contributed by atoms with Crippen molar-refractivity contribution in [3.05, 3.63) is 11.6 Å². The molecular weight excluding hydrogens is 508 g/mol. The Morgan fingerprint density at radius 1 is 0.900 bits per heavy atom. The standard InChI is InChI=1S/C37H62O2S/c1-11-12-13-24(3)32(38)39-29-22-30(40)33(5,6)27-17-19-36(9)28(37(27,29)10)15-14-26-31-25(4)23(2)16-18-34(31,7)20-21-35(26,36)8/h13,23,25-31,40H,11-12,14-22H2,1-10H3/t23-,25+,26-,27+,28+,29?,30?,31+,34-,35-,36-,37+/m1/s1. The van der Waals surface area contributed by atoms with Crippen LogP contribution in [0.15, 0.2) is 11.6 Å². The molecule has 228 valence electrons. The molecule has 0 N–H and O–H groups in total. The van der Waals surface area contributed by atoms with E-state index < -0.39 is 0 Å². The average molecular weight is 571 g/mol. The molecule has 2 nitrogen and oxygen atoms in total. The molecule has 0 spiro atoms. The summed E-state index contributed by atoms with van der Waals surface area (Å²) in [6.45, 7) is 24.8. The number of thiol groups is 1. The third-order valence-electron chi connectivity index (χ3n) is 15.4. The van der Waals surface area contributed by atoms with Crippen molar-refractivity contribution in [1.82, 2.24) is 0 Å². The Morgan fingerprint density at radius 2 is 1.60 bits per heavy atom. The summed E-state index contributed by atoms with van der Waals surface area (Å²) in [6.07, 6.45) is 15.7. The third-order valence-corrected chi connectivity index (χ3v) is 16.3. The SMILES string of the molecule is CCCC=C(C)C(=O)OC1CC(S)C(C)(C)[C@@H]2CC[C@]3(C)[C@H](CC[C@@H]4[C@@H]5[C@@H](C)[C@H](C)CC[C@]5(C)CC[C@]43C)[C@@]12C. The number of hydrogen-bond acceptors (Lipinski definition) is 3. The van der Waals surface area contributed by atoms with Gasteiger partial charge >= 0.3 is 5.97 Å². The zero-order valence-electron chi connectivity index (χ0n) is 27.7. The van der Waals surface area contributed by atoms with Gasteiger partial charge in [0, 0.05) is 16.2 Å². The van der Waals surface area contributed by atoms with Crippen molar-refractivity contribution in [2.24, 2.45) is 62.6 Å². The van der Waals surface area contributed by atoms with Gasteiger partial charge in [0.15, 0.2) is 0 Å². The summed E-state index contributed by atoms with van der Waals surface area (Å²) in [5, 5.41) is 0.250. The molecule has 5 saturated carbocycles. The summed E-state index contributed by atoms with van der Waals surface area (Å²) in [5.74, 6) is 4.35. The van der Waals surface area contributed by atoms with E-state index in [0.29, 0.717) is 22.7 Å². The van der Waals surface area contributed by atoms with Gasteiger partial charge in [-0.15, -0.1) is 0 Å². The van der Waals surface area contributed by atoms with Crippen molar-refractivity contribution in [2.75, 3.05) is 0 Å². The monoisotopic (exact) mass is 570 g/mol.